The molecule has 0 amide bonds. The van der Waals surface area contributed by atoms with Crippen LogP contribution in [0.1, 0.15) is 12.0 Å². The van der Waals surface area contributed by atoms with E-state index in [1.54, 1.807) is 18.9 Å². The Morgan fingerprint density at radius 1 is 1.05 bits per heavy atom. The lowest BCUT2D eigenvalue weighted by molar-refractivity contribution is -0.144. The highest BCUT2D eigenvalue weighted by molar-refractivity contribution is 7.99. The van der Waals surface area contributed by atoms with E-state index in [9.17, 15) is 4.79 Å². The molecule has 2 aromatic carbocycles. The van der Waals surface area contributed by atoms with Gasteiger partial charge in [-0.15, -0.1) is 11.8 Å². The number of hydrogen-bond acceptors (Lipinski definition) is 4. The van der Waals surface area contributed by atoms with E-state index in [2.05, 4.69) is 0 Å². The first-order valence-corrected chi connectivity index (χ1v) is 7.73. The van der Waals surface area contributed by atoms with E-state index in [1.165, 1.54) is 4.90 Å². The van der Waals surface area contributed by atoms with Crippen molar-refractivity contribution in [2.75, 3.05) is 12.9 Å². The van der Waals surface area contributed by atoms with Crippen LogP contribution >= 0.6 is 11.8 Å². The van der Waals surface area contributed by atoms with E-state index in [0.29, 0.717) is 13.0 Å². The molecule has 0 saturated carbocycles. The van der Waals surface area contributed by atoms with Gasteiger partial charge in [0.25, 0.3) is 0 Å². The van der Waals surface area contributed by atoms with Crippen molar-refractivity contribution in [2.45, 2.75) is 17.9 Å². The van der Waals surface area contributed by atoms with Crippen molar-refractivity contribution in [2.24, 2.45) is 0 Å². The summed E-state index contributed by atoms with van der Waals surface area (Å²) in [4.78, 5) is 12.8. The Morgan fingerprint density at radius 2 is 1.76 bits per heavy atom. The zero-order valence-corrected chi connectivity index (χ0v) is 12.8. The first-order valence-electron chi connectivity index (χ1n) is 6.74. The monoisotopic (exact) mass is 302 g/mol. The van der Waals surface area contributed by atoms with Crippen LogP contribution in [-0.4, -0.2) is 18.8 Å². The van der Waals surface area contributed by atoms with Gasteiger partial charge in [-0.2, -0.15) is 0 Å². The standard InChI is InChI=1S/C17H18O3S/c1-19-15-9-7-14(8-10-15)13-20-17(18)11-12-21-16-5-3-2-4-6-16/h2-10H,11-13H2,1H3. The molecule has 0 aromatic heterocycles. The van der Waals surface area contributed by atoms with Crippen molar-refractivity contribution in [3.63, 3.8) is 0 Å². The lowest BCUT2D eigenvalue weighted by atomic mass is 10.2. The van der Waals surface area contributed by atoms with E-state index in [4.69, 9.17) is 9.47 Å². The van der Waals surface area contributed by atoms with Crippen LogP contribution in [0.3, 0.4) is 0 Å². The fraction of sp³-hybridized carbons (Fsp3) is 0.235. The van der Waals surface area contributed by atoms with Crippen LogP contribution in [0.5, 0.6) is 5.75 Å². The van der Waals surface area contributed by atoms with Crippen molar-refractivity contribution in [1.29, 1.82) is 0 Å². The fourth-order valence-corrected chi connectivity index (χ4v) is 2.58. The summed E-state index contributed by atoms with van der Waals surface area (Å²) in [6, 6.07) is 17.5. The van der Waals surface area contributed by atoms with Crippen LogP contribution in [0, 0.1) is 0 Å². The highest BCUT2D eigenvalue weighted by Crippen LogP contribution is 2.18. The summed E-state index contributed by atoms with van der Waals surface area (Å²) in [5.41, 5.74) is 0.958. The lowest BCUT2D eigenvalue weighted by Crippen LogP contribution is -2.05. The minimum absolute atomic E-state index is 0.172. The van der Waals surface area contributed by atoms with Gasteiger partial charge in [-0.05, 0) is 29.8 Å². The van der Waals surface area contributed by atoms with E-state index < -0.39 is 0 Å². The molecule has 2 aromatic rings. The van der Waals surface area contributed by atoms with Gasteiger partial charge < -0.3 is 9.47 Å². The average Bonchev–Trinajstić information content (AvgIpc) is 2.54. The number of thioether (sulfide) groups is 1. The van der Waals surface area contributed by atoms with E-state index in [0.717, 1.165) is 17.1 Å². The zero-order valence-electron chi connectivity index (χ0n) is 12.0. The van der Waals surface area contributed by atoms with Crippen LogP contribution in [0.2, 0.25) is 0 Å². The summed E-state index contributed by atoms with van der Waals surface area (Å²) in [5, 5.41) is 0. The largest absolute Gasteiger partial charge is 0.497 e. The summed E-state index contributed by atoms with van der Waals surface area (Å²) in [6.45, 7) is 0.304. The number of benzene rings is 2. The highest BCUT2D eigenvalue weighted by Gasteiger charge is 2.04. The van der Waals surface area contributed by atoms with Crippen LogP contribution < -0.4 is 4.74 Å². The first-order chi connectivity index (χ1) is 10.3. The van der Waals surface area contributed by atoms with Crippen molar-refractivity contribution in [3.05, 3.63) is 60.2 Å². The molecule has 0 heterocycles. The van der Waals surface area contributed by atoms with Gasteiger partial charge in [-0.25, -0.2) is 0 Å². The van der Waals surface area contributed by atoms with Crippen LogP contribution in [0.25, 0.3) is 0 Å². The fourth-order valence-electron chi connectivity index (χ4n) is 1.73. The maximum absolute atomic E-state index is 11.7. The number of methoxy groups -OCH3 is 1. The van der Waals surface area contributed by atoms with Gasteiger partial charge in [0, 0.05) is 10.6 Å². The molecule has 0 N–H and O–H groups in total. The third-order valence-corrected chi connectivity index (χ3v) is 3.89. The lowest BCUT2D eigenvalue weighted by Gasteiger charge is -2.06. The molecule has 0 unspecified atom stereocenters. The number of esters is 1. The van der Waals surface area contributed by atoms with Gasteiger partial charge in [0.1, 0.15) is 12.4 Å². The Hall–Kier alpha value is -1.94. The summed E-state index contributed by atoms with van der Waals surface area (Å²) < 4.78 is 10.3. The SMILES string of the molecule is COc1ccc(COC(=O)CCSc2ccccc2)cc1. The summed E-state index contributed by atoms with van der Waals surface area (Å²) in [5.74, 6) is 1.35. The molecule has 3 nitrogen and oxygen atoms in total. The second-order valence-corrected chi connectivity index (χ2v) is 5.59. The molecule has 0 radical (unpaired) electrons. The molecule has 0 aliphatic rings. The van der Waals surface area contributed by atoms with Gasteiger partial charge in [0.15, 0.2) is 0 Å². The number of carbonyl (C=O) groups excluding carboxylic acids is 1. The second kappa shape index (κ2) is 8.37. The molecule has 110 valence electrons. The van der Waals surface area contributed by atoms with Gasteiger partial charge in [0.05, 0.1) is 13.5 Å². The van der Waals surface area contributed by atoms with Gasteiger partial charge >= 0.3 is 5.97 Å². The second-order valence-electron chi connectivity index (χ2n) is 4.42. The Kier molecular flexibility index (Phi) is 6.16. The van der Waals surface area contributed by atoms with E-state index in [1.807, 2.05) is 54.6 Å². The molecule has 0 aliphatic carbocycles. The third-order valence-electron chi connectivity index (χ3n) is 2.88. The summed E-state index contributed by atoms with van der Waals surface area (Å²) in [7, 11) is 1.62. The molecule has 0 spiro atoms. The molecule has 0 fully saturated rings. The minimum Gasteiger partial charge on any atom is -0.497 e. The third kappa shape index (κ3) is 5.52. The van der Waals surface area contributed by atoms with Crippen molar-refractivity contribution in [1.82, 2.24) is 0 Å². The molecular weight excluding hydrogens is 284 g/mol. The van der Waals surface area contributed by atoms with E-state index in [-0.39, 0.29) is 5.97 Å². The summed E-state index contributed by atoms with van der Waals surface area (Å²) in [6.07, 6.45) is 0.412. The molecular formula is C17H18O3S. The molecule has 0 atom stereocenters. The van der Waals surface area contributed by atoms with Gasteiger partial charge in [0.2, 0.25) is 0 Å². The first kappa shape index (κ1) is 15.4. The number of hydrogen-bond donors (Lipinski definition) is 0. The topological polar surface area (TPSA) is 35.5 Å². The smallest absolute Gasteiger partial charge is 0.306 e. The Balaban J connectivity index is 1.67. The van der Waals surface area contributed by atoms with Crippen molar-refractivity contribution >= 4 is 17.7 Å². The van der Waals surface area contributed by atoms with Crippen LogP contribution in [0.4, 0.5) is 0 Å². The average molecular weight is 302 g/mol. The molecule has 0 saturated heterocycles. The Labute approximate surface area is 129 Å². The molecule has 0 bridgehead atoms. The maximum atomic E-state index is 11.7. The highest BCUT2D eigenvalue weighted by atomic mass is 32.2. The summed E-state index contributed by atoms with van der Waals surface area (Å²) >= 11 is 1.66. The molecule has 21 heavy (non-hydrogen) atoms. The normalized spacial score (nSPS) is 10.1. The van der Waals surface area contributed by atoms with Crippen molar-refractivity contribution in [3.8, 4) is 5.75 Å². The number of carbonyl (C=O) groups is 1. The maximum Gasteiger partial charge on any atom is 0.306 e. The van der Waals surface area contributed by atoms with Gasteiger partial charge in [-0.3, -0.25) is 4.79 Å². The number of rotatable bonds is 7. The Bertz CT molecular complexity index is 552. The van der Waals surface area contributed by atoms with Crippen LogP contribution in [0.15, 0.2) is 59.5 Å². The Morgan fingerprint density at radius 3 is 2.43 bits per heavy atom. The quantitative estimate of drug-likeness (QED) is 0.573. The number of ether oxygens (including phenoxy) is 2. The predicted octanol–water partition coefficient (Wildman–Crippen LogP) is 3.92. The van der Waals surface area contributed by atoms with Gasteiger partial charge in [-0.1, -0.05) is 30.3 Å². The zero-order chi connectivity index (χ0) is 14.9. The van der Waals surface area contributed by atoms with Crippen molar-refractivity contribution < 1.29 is 14.3 Å². The molecule has 0 aliphatic heterocycles. The van der Waals surface area contributed by atoms with E-state index >= 15 is 0 Å². The molecule has 2 rings (SSSR count). The predicted molar refractivity (Wildman–Crippen MR) is 84.6 cm³/mol. The van der Waals surface area contributed by atoms with Crippen LogP contribution in [-0.2, 0) is 16.1 Å². The minimum atomic E-state index is -0.172. The molecule has 4 heteroatoms.